The highest BCUT2D eigenvalue weighted by atomic mass is 32.2. The summed E-state index contributed by atoms with van der Waals surface area (Å²) >= 11 is 1.50. The average molecular weight is 350 g/mol. The van der Waals surface area contributed by atoms with Crippen LogP contribution in [0.4, 0.5) is 0 Å². The van der Waals surface area contributed by atoms with Crippen LogP contribution in [0, 0.1) is 5.92 Å². The Kier molecular flexibility index (Phi) is 5.46. The smallest absolute Gasteiger partial charge is 0.283 e. The van der Waals surface area contributed by atoms with Crippen molar-refractivity contribution in [2.75, 3.05) is 24.7 Å². The molecule has 0 spiro atoms. The summed E-state index contributed by atoms with van der Waals surface area (Å²) < 4.78 is 28.7. The lowest BCUT2D eigenvalue weighted by Crippen LogP contribution is -2.56. The molecule has 0 aromatic heterocycles. The van der Waals surface area contributed by atoms with Crippen LogP contribution >= 0.6 is 11.8 Å². The first kappa shape index (κ1) is 18.0. The Balaban J connectivity index is 2.13. The molecule has 0 saturated carbocycles. The molecule has 2 rings (SSSR count). The topological polar surface area (TPSA) is 69.7 Å². The fraction of sp³-hybridized carbons (Fsp3) is 0.929. The highest BCUT2D eigenvalue weighted by Gasteiger charge is 2.43. The van der Waals surface area contributed by atoms with E-state index < -0.39 is 16.3 Å². The zero-order valence-corrected chi connectivity index (χ0v) is 15.5. The van der Waals surface area contributed by atoms with E-state index in [0.29, 0.717) is 30.6 Å². The Morgan fingerprint density at radius 3 is 2.59 bits per heavy atom. The largest absolute Gasteiger partial charge is 0.350 e. The van der Waals surface area contributed by atoms with Gasteiger partial charge < -0.3 is 5.32 Å². The predicted octanol–water partition coefficient (Wildman–Crippen LogP) is 1.25. The molecule has 2 aliphatic rings. The van der Waals surface area contributed by atoms with E-state index in [1.807, 2.05) is 20.8 Å². The Morgan fingerprint density at radius 2 is 2.00 bits per heavy atom. The number of thioether (sulfide) groups is 1. The van der Waals surface area contributed by atoms with Gasteiger partial charge in [0, 0.05) is 24.4 Å². The summed E-state index contributed by atoms with van der Waals surface area (Å²) in [5, 5.41) is 2.90. The molecule has 1 N–H and O–H groups in total. The number of piperidine rings is 1. The van der Waals surface area contributed by atoms with E-state index in [1.165, 1.54) is 16.1 Å². The standard InChI is InChI=1S/C14H27N3O3S2/c1-11-6-5-7-16(8-11)22(19,20)17-10-21-9-12(17)13(18)15-14(2,3)4/h11-12H,5-10H2,1-4H3,(H,15,18)/t11-,12+/m0/s1. The van der Waals surface area contributed by atoms with Gasteiger partial charge in [-0.15, -0.1) is 11.8 Å². The molecule has 0 aromatic carbocycles. The zero-order valence-electron chi connectivity index (χ0n) is 13.8. The Hall–Kier alpha value is -0.310. The lowest BCUT2D eigenvalue weighted by atomic mass is 10.0. The first-order valence-electron chi connectivity index (χ1n) is 7.78. The van der Waals surface area contributed by atoms with Crippen molar-refractivity contribution < 1.29 is 13.2 Å². The third-order valence-electron chi connectivity index (χ3n) is 3.89. The first-order chi connectivity index (χ1) is 10.1. The molecule has 2 fully saturated rings. The number of rotatable bonds is 3. The van der Waals surface area contributed by atoms with Crippen molar-refractivity contribution in [1.82, 2.24) is 13.9 Å². The van der Waals surface area contributed by atoms with Crippen LogP contribution in [0.5, 0.6) is 0 Å². The minimum Gasteiger partial charge on any atom is -0.350 e. The number of nitrogens with zero attached hydrogens (tertiary/aromatic N) is 2. The molecule has 2 saturated heterocycles. The van der Waals surface area contributed by atoms with Gasteiger partial charge in [0.25, 0.3) is 10.2 Å². The van der Waals surface area contributed by atoms with E-state index in [0.717, 1.165) is 12.8 Å². The van der Waals surface area contributed by atoms with Gasteiger partial charge in [-0.2, -0.15) is 17.0 Å². The predicted molar refractivity (Wildman–Crippen MR) is 89.7 cm³/mol. The molecular weight excluding hydrogens is 322 g/mol. The molecule has 22 heavy (non-hydrogen) atoms. The lowest BCUT2D eigenvalue weighted by Gasteiger charge is -2.35. The number of carbonyl (C=O) groups is 1. The van der Waals surface area contributed by atoms with Crippen LogP contribution in [0.2, 0.25) is 0 Å². The van der Waals surface area contributed by atoms with E-state index >= 15 is 0 Å². The molecule has 2 atom stereocenters. The highest BCUT2D eigenvalue weighted by Crippen LogP contribution is 2.29. The molecule has 8 heteroatoms. The summed E-state index contributed by atoms with van der Waals surface area (Å²) in [6.07, 6.45) is 1.95. The minimum atomic E-state index is -3.56. The van der Waals surface area contributed by atoms with Crippen molar-refractivity contribution in [2.45, 2.75) is 52.1 Å². The molecule has 2 heterocycles. The Morgan fingerprint density at radius 1 is 1.32 bits per heavy atom. The van der Waals surface area contributed by atoms with Gasteiger partial charge in [-0.1, -0.05) is 6.92 Å². The zero-order chi connectivity index (χ0) is 16.5. The lowest BCUT2D eigenvalue weighted by molar-refractivity contribution is -0.125. The third kappa shape index (κ3) is 4.15. The number of amides is 1. The monoisotopic (exact) mass is 349 g/mol. The van der Waals surface area contributed by atoms with E-state index in [-0.39, 0.29) is 11.4 Å². The summed E-state index contributed by atoms with van der Waals surface area (Å²) in [5.74, 6) is 1.05. The second-order valence-electron chi connectivity index (χ2n) is 7.26. The van der Waals surface area contributed by atoms with Gasteiger partial charge in [-0.25, -0.2) is 0 Å². The van der Waals surface area contributed by atoms with Gasteiger partial charge >= 0.3 is 0 Å². The molecule has 128 valence electrons. The van der Waals surface area contributed by atoms with Gasteiger partial charge in [0.1, 0.15) is 6.04 Å². The van der Waals surface area contributed by atoms with Crippen LogP contribution in [-0.2, 0) is 15.0 Å². The van der Waals surface area contributed by atoms with Gasteiger partial charge in [0.15, 0.2) is 0 Å². The molecule has 0 aliphatic carbocycles. The number of carbonyl (C=O) groups excluding carboxylic acids is 1. The van der Waals surface area contributed by atoms with Gasteiger partial charge in [-0.3, -0.25) is 4.79 Å². The van der Waals surface area contributed by atoms with E-state index in [2.05, 4.69) is 12.2 Å². The van der Waals surface area contributed by atoms with Gasteiger partial charge in [-0.05, 0) is 39.5 Å². The summed E-state index contributed by atoms with van der Waals surface area (Å²) in [4.78, 5) is 12.4. The van der Waals surface area contributed by atoms with E-state index in [9.17, 15) is 13.2 Å². The van der Waals surface area contributed by atoms with Crippen LogP contribution in [0.3, 0.4) is 0 Å². The van der Waals surface area contributed by atoms with Crippen molar-refractivity contribution in [3.05, 3.63) is 0 Å². The summed E-state index contributed by atoms with van der Waals surface area (Å²) in [5.41, 5.74) is -0.362. The van der Waals surface area contributed by atoms with Crippen LogP contribution in [0.1, 0.15) is 40.5 Å². The van der Waals surface area contributed by atoms with Crippen LogP contribution in [0.25, 0.3) is 0 Å². The van der Waals surface area contributed by atoms with Crippen molar-refractivity contribution >= 4 is 27.9 Å². The van der Waals surface area contributed by atoms with E-state index in [4.69, 9.17) is 0 Å². The summed E-state index contributed by atoms with van der Waals surface area (Å²) in [6.45, 7) is 8.89. The second-order valence-corrected chi connectivity index (χ2v) is 10.1. The highest BCUT2D eigenvalue weighted by molar-refractivity contribution is 8.00. The Bertz CT molecular complexity index is 516. The fourth-order valence-electron chi connectivity index (χ4n) is 2.82. The second kappa shape index (κ2) is 6.67. The quantitative estimate of drug-likeness (QED) is 0.833. The molecule has 0 aromatic rings. The minimum absolute atomic E-state index is 0.203. The fourth-order valence-corrected chi connectivity index (χ4v) is 6.28. The average Bonchev–Trinajstić information content (AvgIpc) is 2.86. The van der Waals surface area contributed by atoms with Crippen molar-refractivity contribution in [3.63, 3.8) is 0 Å². The maximum absolute atomic E-state index is 12.9. The maximum Gasteiger partial charge on any atom is 0.283 e. The third-order valence-corrected chi connectivity index (χ3v) is 7.02. The summed E-state index contributed by atoms with van der Waals surface area (Å²) in [7, 11) is -3.56. The van der Waals surface area contributed by atoms with Gasteiger partial charge in [0.05, 0.1) is 5.88 Å². The molecule has 0 radical (unpaired) electrons. The molecule has 2 aliphatic heterocycles. The SMILES string of the molecule is C[C@H]1CCCN(S(=O)(=O)N2CSC[C@@H]2C(=O)NC(C)(C)C)C1. The van der Waals surface area contributed by atoms with Crippen LogP contribution in [-0.4, -0.2) is 59.2 Å². The molecule has 0 bridgehead atoms. The number of hydrogen-bond donors (Lipinski definition) is 1. The van der Waals surface area contributed by atoms with Crippen LogP contribution < -0.4 is 5.32 Å². The molecule has 0 unspecified atom stereocenters. The maximum atomic E-state index is 12.9. The summed E-state index contributed by atoms with van der Waals surface area (Å²) in [6, 6.07) is -0.605. The normalized spacial score (nSPS) is 28.7. The Labute approximate surface area is 138 Å². The molecule has 6 nitrogen and oxygen atoms in total. The number of nitrogens with one attached hydrogen (secondary N) is 1. The first-order valence-corrected chi connectivity index (χ1v) is 10.3. The van der Waals surface area contributed by atoms with Gasteiger partial charge in [0.2, 0.25) is 5.91 Å². The van der Waals surface area contributed by atoms with Crippen molar-refractivity contribution in [1.29, 1.82) is 0 Å². The van der Waals surface area contributed by atoms with Crippen LogP contribution in [0.15, 0.2) is 0 Å². The number of hydrogen-bond acceptors (Lipinski definition) is 4. The molecule has 1 amide bonds. The molecular formula is C14H27N3O3S2. The van der Waals surface area contributed by atoms with Crippen molar-refractivity contribution in [3.8, 4) is 0 Å². The van der Waals surface area contributed by atoms with E-state index in [1.54, 1.807) is 4.31 Å². The van der Waals surface area contributed by atoms with Crippen molar-refractivity contribution in [2.24, 2.45) is 5.92 Å².